The van der Waals surface area contributed by atoms with Crippen molar-refractivity contribution in [3.63, 3.8) is 0 Å². The van der Waals surface area contributed by atoms with Crippen LogP contribution in [0.1, 0.15) is 25.6 Å². The molecule has 19 heavy (non-hydrogen) atoms. The predicted octanol–water partition coefficient (Wildman–Crippen LogP) is 1.35. The second kappa shape index (κ2) is 8.66. The van der Waals surface area contributed by atoms with E-state index in [0.717, 1.165) is 31.7 Å². The molecule has 0 spiro atoms. The molecule has 0 radical (unpaired) electrons. The lowest BCUT2D eigenvalue weighted by Gasteiger charge is -2.10. The number of hydrogen-bond donors (Lipinski definition) is 2. The molecule has 1 rings (SSSR count). The first-order chi connectivity index (χ1) is 9.11. The largest absolute Gasteiger partial charge is 0.384 e. The number of unbranched alkanes of at least 4 members (excludes halogenated alkanes) is 1. The van der Waals surface area contributed by atoms with Crippen molar-refractivity contribution in [2.24, 2.45) is 0 Å². The number of anilines is 2. The third-order valence-electron chi connectivity index (χ3n) is 2.57. The zero-order chi connectivity index (χ0) is 14.1. The van der Waals surface area contributed by atoms with Crippen LogP contribution in [0.15, 0.2) is 6.07 Å². The van der Waals surface area contributed by atoms with Gasteiger partial charge in [0.25, 0.3) is 0 Å². The number of nitrogens with one attached hydrogen (secondary N) is 1. The molecule has 1 aromatic rings. The first kappa shape index (κ1) is 15.7. The fourth-order valence-electron chi connectivity index (χ4n) is 1.64. The van der Waals surface area contributed by atoms with E-state index in [2.05, 4.69) is 34.3 Å². The lowest BCUT2D eigenvalue weighted by atomic mass is 10.3. The number of hydrogen-bond acceptors (Lipinski definition) is 6. The van der Waals surface area contributed by atoms with Crippen LogP contribution in [-0.4, -0.2) is 48.7 Å². The Hall–Kier alpha value is -1.40. The van der Waals surface area contributed by atoms with Gasteiger partial charge in [-0.3, -0.25) is 0 Å². The van der Waals surface area contributed by atoms with Crippen LogP contribution in [0.4, 0.5) is 11.6 Å². The Labute approximate surface area is 115 Å². The second-order valence-corrected chi connectivity index (χ2v) is 4.67. The zero-order valence-corrected chi connectivity index (χ0v) is 12.1. The van der Waals surface area contributed by atoms with E-state index in [1.54, 1.807) is 6.07 Å². The van der Waals surface area contributed by atoms with Gasteiger partial charge in [-0.15, -0.1) is 0 Å². The Morgan fingerprint density at radius 3 is 2.79 bits per heavy atom. The van der Waals surface area contributed by atoms with Crippen molar-refractivity contribution >= 4 is 11.6 Å². The molecular formula is C13H25N5O. The van der Waals surface area contributed by atoms with E-state index in [0.29, 0.717) is 24.9 Å². The monoisotopic (exact) mass is 267 g/mol. The van der Waals surface area contributed by atoms with Gasteiger partial charge < -0.3 is 20.7 Å². The zero-order valence-electron chi connectivity index (χ0n) is 12.1. The molecule has 0 atom stereocenters. The number of aromatic nitrogens is 2. The summed E-state index contributed by atoms with van der Waals surface area (Å²) in [6.45, 7) is 4.97. The smallest absolute Gasteiger partial charge is 0.158 e. The van der Waals surface area contributed by atoms with Gasteiger partial charge in [0.1, 0.15) is 18.2 Å². The van der Waals surface area contributed by atoms with Gasteiger partial charge in [0, 0.05) is 19.2 Å². The molecule has 0 aliphatic heterocycles. The normalized spacial score (nSPS) is 10.9. The van der Waals surface area contributed by atoms with E-state index in [9.17, 15) is 0 Å². The van der Waals surface area contributed by atoms with Crippen LogP contribution < -0.4 is 11.1 Å². The molecule has 0 aliphatic rings. The van der Waals surface area contributed by atoms with Gasteiger partial charge in [-0.25, -0.2) is 9.97 Å². The first-order valence-electron chi connectivity index (χ1n) is 6.71. The van der Waals surface area contributed by atoms with Crippen molar-refractivity contribution in [1.82, 2.24) is 14.9 Å². The van der Waals surface area contributed by atoms with Crippen molar-refractivity contribution in [2.75, 3.05) is 44.8 Å². The molecule has 0 fully saturated rings. The highest BCUT2D eigenvalue weighted by Crippen LogP contribution is 2.09. The Kier molecular flexibility index (Phi) is 7.14. The molecule has 0 saturated carbocycles. The Bertz CT molecular complexity index is 370. The lowest BCUT2D eigenvalue weighted by molar-refractivity contribution is 0.128. The molecule has 108 valence electrons. The lowest BCUT2D eigenvalue weighted by Crippen LogP contribution is -2.14. The van der Waals surface area contributed by atoms with E-state index >= 15 is 0 Å². The van der Waals surface area contributed by atoms with Crippen LogP contribution in [0.2, 0.25) is 0 Å². The third-order valence-corrected chi connectivity index (χ3v) is 2.57. The van der Waals surface area contributed by atoms with Crippen molar-refractivity contribution in [1.29, 1.82) is 0 Å². The van der Waals surface area contributed by atoms with Crippen LogP contribution in [0.3, 0.4) is 0 Å². The van der Waals surface area contributed by atoms with E-state index < -0.39 is 0 Å². The first-order valence-corrected chi connectivity index (χ1v) is 6.71. The average molecular weight is 267 g/mol. The van der Waals surface area contributed by atoms with Crippen LogP contribution in [-0.2, 0) is 11.3 Å². The molecule has 6 heteroatoms. The maximum absolute atomic E-state index is 5.75. The summed E-state index contributed by atoms with van der Waals surface area (Å²) >= 11 is 0. The maximum Gasteiger partial charge on any atom is 0.158 e. The van der Waals surface area contributed by atoms with Gasteiger partial charge in [-0.1, -0.05) is 0 Å². The van der Waals surface area contributed by atoms with Gasteiger partial charge in [0.05, 0.1) is 0 Å². The summed E-state index contributed by atoms with van der Waals surface area (Å²) in [4.78, 5) is 10.7. The third kappa shape index (κ3) is 6.93. The van der Waals surface area contributed by atoms with Crippen LogP contribution in [0.5, 0.6) is 0 Å². The van der Waals surface area contributed by atoms with Crippen molar-refractivity contribution in [3.8, 4) is 0 Å². The van der Waals surface area contributed by atoms with Gasteiger partial charge in [-0.2, -0.15) is 0 Å². The highest BCUT2D eigenvalue weighted by Gasteiger charge is 2.02. The molecule has 0 unspecified atom stereocenters. The van der Waals surface area contributed by atoms with Gasteiger partial charge in [-0.05, 0) is 40.4 Å². The Morgan fingerprint density at radius 2 is 2.11 bits per heavy atom. The highest BCUT2D eigenvalue weighted by molar-refractivity contribution is 5.44. The predicted molar refractivity (Wildman–Crippen MR) is 78.1 cm³/mol. The number of ether oxygens (including phenoxy) is 1. The Balaban J connectivity index is 2.38. The second-order valence-electron chi connectivity index (χ2n) is 4.67. The van der Waals surface area contributed by atoms with Crippen molar-refractivity contribution in [3.05, 3.63) is 11.9 Å². The van der Waals surface area contributed by atoms with Gasteiger partial charge >= 0.3 is 0 Å². The quantitative estimate of drug-likeness (QED) is 0.658. The number of nitrogens with two attached hydrogens (primary N) is 1. The molecule has 1 aromatic heterocycles. The summed E-state index contributed by atoms with van der Waals surface area (Å²) < 4.78 is 5.29. The fourth-order valence-corrected chi connectivity index (χ4v) is 1.64. The SMILES string of the molecule is CCOCc1nc(N)cc(NCCCCN(C)C)n1. The number of nitrogen functional groups attached to an aromatic ring is 1. The van der Waals surface area contributed by atoms with Crippen molar-refractivity contribution < 1.29 is 4.74 Å². The molecule has 0 aromatic carbocycles. The summed E-state index contributed by atoms with van der Waals surface area (Å²) in [7, 11) is 4.16. The highest BCUT2D eigenvalue weighted by atomic mass is 16.5. The standard InChI is InChI=1S/C13H25N5O/c1-4-19-10-13-16-11(14)9-12(17-13)15-7-5-6-8-18(2)3/h9H,4-8,10H2,1-3H3,(H3,14,15,16,17). The van der Waals surface area contributed by atoms with Crippen LogP contribution >= 0.6 is 0 Å². The molecule has 0 bridgehead atoms. The maximum atomic E-state index is 5.75. The summed E-state index contributed by atoms with van der Waals surface area (Å²) in [6, 6.07) is 1.75. The average Bonchev–Trinajstić information content (AvgIpc) is 2.35. The van der Waals surface area contributed by atoms with E-state index in [-0.39, 0.29) is 0 Å². The van der Waals surface area contributed by atoms with Crippen LogP contribution in [0, 0.1) is 0 Å². The topological polar surface area (TPSA) is 76.3 Å². The molecule has 6 nitrogen and oxygen atoms in total. The van der Waals surface area contributed by atoms with E-state index in [1.807, 2.05) is 6.92 Å². The molecule has 0 amide bonds. The number of rotatable bonds is 9. The summed E-state index contributed by atoms with van der Waals surface area (Å²) in [5.41, 5.74) is 5.75. The summed E-state index contributed by atoms with van der Waals surface area (Å²) in [5.74, 6) is 1.87. The summed E-state index contributed by atoms with van der Waals surface area (Å²) in [5, 5.41) is 3.27. The minimum atomic E-state index is 0.400. The van der Waals surface area contributed by atoms with E-state index in [1.165, 1.54) is 0 Å². The summed E-state index contributed by atoms with van der Waals surface area (Å²) in [6.07, 6.45) is 2.26. The van der Waals surface area contributed by atoms with Crippen LogP contribution in [0.25, 0.3) is 0 Å². The molecule has 1 heterocycles. The Morgan fingerprint density at radius 1 is 1.32 bits per heavy atom. The van der Waals surface area contributed by atoms with Gasteiger partial charge in [0.2, 0.25) is 0 Å². The fraction of sp³-hybridized carbons (Fsp3) is 0.692. The number of nitrogens with zero attached hydrogens (tertiary/aromatic N) is 3. The minimum Gasteiger partial charge on any atom is -0.384 e. The van der Waals surface area contributed by atoms with Gasteiger partial charge in [0.15, 0.2) is 5.82 Å². The van der Waals surface area contributed by atoms with Crippen molar-refractivity contribution in [2.45, 2.75) is 26.4 Å². The van der Waals surface area contributed by atoms with E-state index in [4.69, 9.17) is 10.5 Å². The molecule has 3 N–H and O–H groups in total. The minimum absolute atomic E-state index is 0.400. The molecular weight excluding hydrogens is 242 g/mol. The molecule has 0 saturated heterocycles. The molecule has 0 aliphatic carbocycles.